The van der Waals surface area contributed by atoms with Crippen molar-refractivity contribution in [3.8, 4) is 0 Å². The molecule has 2 aromatic rings. The molecule has 0 radical (unpaired) electrons. The molecule has 0 spiro atoms. The van der Waals surface area contributed by atoms with Crippen LogP contribution in [0.2, 0.25) is 0 Å². The fourth-order valence-electron chi connectivity index (χ4n) is 1.71. The molecule has 0 saturated carbocycles. The number of rotatable bonds is 5. The van der Waals surface area contributed by atoms with E-state index in [1.54, 1.807) is 23.4 Å². The van der Waals surface area contributed by atoms with Gasteiger partial charge in [-0.2, -0.15) is 0 Å². The van der Waals surface area contributed by atoms with E-state index in [1.807, 2.05) is 24.7 Å². The number of nitrogens with zero attached hydrogens (tertiary/aromatic N) is 5. The molecule has 0 aliphatic rings. The maximum Gasteiger partial charge on any atom is 0.315 e. The Morgan fingerprint density at radius 2 is 2.32 bits per heavy atom. The third-order valence-corrected chi connectivity index (χ3v) is 2.70. The second kappa shape index (κ2) is 5.98. The molecule has 0 bridgehead atoms. The Kier molecular flexibility index (Phi) is 4.11. The zero-order chi connectivity index (χ0) is 13.7. The average Bonchev–Trinajstić information content (AvgIpc) is 3.00. The number of aryl methyl sites for hydroxylation is 1. The first-order valence-electron chi connectivity index (χ1n) is 6.01. The van der Waals surface area contributed by atoms with Crippen LogP contribution >= 0.6 is 0 Å². The molecule has 0 aliphatic carbocycles. The van der Waals surface area contributed by atoms with Crippen LogP contribution in [0.3, 0.4) is 0 Å². The Labute approximate surface area is 110 Å². The minimum Gasteiger partial charge on any atom is -0.336 e. The van der Waals surface area contributed by atoms with Gasteiger partial charge in [0.25, 0.3) is 0 Å². The highest BCUT2D eigenvalue weighted by atomic mass is 16.2. The average molecular weight is 263 g/mol. The standard InChI is InChI=1S/C11H17N7O/c1-9(10-16-14-8-17(10)2)15-11(19)13-4-6-18-5-3-12-7-18/h3,5,7-9H,4,6H2,1-2H3,(H2,13,15,19). The van der Waals surface area contributed by atoms with Crippen LogP contribution in [0.25, 0.3) is 0 Å². The second-order valence-electron chi connectivity index (χ2n) is 4.22. The van der Waals surface area contributed by atoms with E-state index in [0.29, 0.717) is 18.9 Å². The van der Waals surface area contributed by atoms with Gasteiger partial charge < -0.3 is 19.8 Å². The summed E-state index contributed by atoms with van der Waals surface area (Å²) in [5, 5.41) is 13.3. The molecule has 2 amide bonds. The van der Waals surface area contributed by atoms with Crippen molar-refractivity contribution in [2.45, 2.75) is 19.5 Å². The van der Waals surface area contributed by atoms with Gasteiger partial charge in [0.05, 0.1) is 12.4 Å². The smallest absolute Gasteiger partial charge is 0.315 e. The number of aromatic nitrogens is 5. The first kappa shape index (κ1) is 13.1. The van der Waals surface area contributed by atoms with Crippen molar-refractivity contribution >= 4 is 6.03 Å². The molecule has 19 heavy (non-hydrogen) atoms. The molecule has 2 rings (SSSR count). The fourth-order valence-corrected chi connectivity index (χ4v) is 1.71. The minimum atomic E-state index is -0.226. The lowest BCUT2D eigenvalue weighted by Gasteiger charge is -2.13. The lowest BCUT2D eigenvalue weighted by Crippen LogP contribution is -2.39. The summed E-state index contributed by atoms with van der Waals surface area (Å²) in [4.78, 5) is 15.6. The van der Waals surface area contributed by atoms with E-state index in [2.05, 4.69) is 25.8 Å². The summed E-state index contributed by atoms with van der Waals surface area (Å²) in [5.74, 6) is 0.713. The largest absolute Gasteiger partial charge is 0.336 e. The molecule has 0 fully saturated rings. The van der Waals surface area contributed by atoms with Crippen LogP contribution in [-0.4, -0.2) is 36.9 Å². The van der Waals surface area contributed by atoms with Gasteiger partial charge in [-0.3, -0.25) is 0 Å². The van der Waals surface area contributed by atoms with Gasteiger partial charge in [0.1, 0.15) is 6.33 Å². The number of nitrogens with one attached hydrogen (secondary N) is 2. The van der Waals surface area contributed by atoms with Gasteiger partial charge in [-0.1, -0.05) is 0 Å². The summed E-state index contributed by atoms with van der Waals surface area (Å²) in [6.07, 6.45) is 6.87. The molecule has 8 heteroatoms. The summed E-state index contributed by atoms with van der Waals surface area (Å²) < 4.78 is 3.67. The molecule has 2 aromatic heterocycles. The Hall–Kier alpha value is -2.38. The SMILES string of the molecule is CC(NC(=O)NCCn1ccnc1)c1nncn1C. The number of amides is 2. The summed E-state index contributed by atoms with van der Waals surface area (Å²) in [6.45, 7) is 3.08. The molecule has 1 atom stereocenters. The summed E-state index contributed by atoms with van der Waals surface area (Å²) in [7, 11) is 1.84. The van der Waals surface area contributed by atoms with Gasteiger partial charge in [0.15, 0.2) is 5.82 Å². The number of carbonyl (C=O) groups excluding carboxylic acids is 1. The number of hydrogen-bond donors (Lipinski definition) is 2. The van der Waals surface area contributed by atoms with Crippen LogP contribution in [0.1, 0.15) is 18.8 Å². The van der Waals surface area contributed by atoms with Gasteiger partial charge in [0.2, 0.25) is 0 Å². The third-order valence-electron chi connectivity index (χ3n) is 2.70. The Bertz CT molecular complexity index is 519. The Morgan fingerprint density at radius 1 is 1.47 bits per heavy atom. The second-order valence-corrected chi connectivity index (χ2v) is 4.22. The molecule has 2 heterocycles. The van der Waals surface area contributed by atoms with Gasteiger partial charge in [0, 0.05) is 32.5 Å². The van der Waals surface area contributed by atoms with Crippen LogP contribution < -0.4 is 10.6 Å². The minimum absolute atomic E-state index is 0.194. The van der Waals surface area contributed by atoms with Gasteiger partial charge in [-0.05, 0) is 6.92 Å². The van der Waals surface area contributed by atoms with Gasteiger partial charge >= 0.3 is 6.03 Å². The molecular formula is C11H17N7O. The summed E-state index contributed by atoms with van der Waals surface area (Å²) >= 11 is 0. The van der Waals surface area contributed by atoms with Crippen molar-refractivity contribution in [3.05, 3.63) is 30.9 Å². The normalized spacial score (nSPS) is 12.1. The van der Waals surface area contributed by atoms with Gasteiger partial charge in [-0.25, -0.2) is 9.78 Å². The molecule has 0 aromatic carbocycles. The Balaban J connectivity index is 1.74. The van der Waals surface area contributed by atoms with Crippen LogP contribution in [0.4, 0.5) is 4.79 Å². The molecule has 1 unspecified atom stereocenters. The first-order valence-corrected chi connectivity index (χ1v) is 6.01. The number of carbonyl (C=O) groups is 1. The highest BCUT2D eigenvalue weighted by molar-refractivity contribution is 5.74. The highest BCUT2D eigenvalue weighted by Crippen LogP contribution is 2.06. The van der Waals surface area contributed by atoms with E-state index in [1.165, 1.54) is 0 Å². The highest BCUT2D eigenvalue weighted by Gasteiger charge is 2.13. The van der Waals surface area contributed by atoms with Crippen molar-refractivity contribution in [2.75, 3.05) is 6.54 Å². The van der Waals surface area contributed by atoms with E-state index in [-0.39, 0.29) is 12.1 Å². The van der Waals surface area contributed by atoms with Crippen molar-refractivity contribution in [1.29, 1.82) is 0 Å². The zero-order valence-corrected chi connectivity index (χ0v) is 10.9. The predicted molar refractivity (Wildman–Crippen MR) is 68.2 cm³/mol. The molecular weight excluding hydrogens is 246 g/mol. The van der Waals surface area contributed by atoms with Crippen molar-refractivity contribution in [2.24, 2.45) is 7.05 Å². The zero-order valence-electron chi connectivity index (χ0n) is 10.9. The monoisotopic (exact) mass is 263 g/mol. The van der Waals surface area contributed by atoms with Crippen molar-refractivity contribution in [3.63, 3.8) is 0 Å². The van der Waals surface area contributed by atoms with E-state index in [0.717, 1.165) is 0 Å². The van der Waals surface area contributed by atoms with E-state index < -0.39 is 0 Å². The number of hydrogen-bond acceptors (Lipinski definition) is 4. The van der Waals surface area contributed by atoms with Crippen molar-refractivity contribution < 1.29 is 4.79 Å². The maximum atomic E-state index is 11.7. The Morgan fingerprint density at radius 3 is 2.95 bits per heavy atom. The van der Waals surface area contributed by atoms with Crippen molar-refractivity contribution in [1.82, 2.24) is 34.9 Å². The lowest BCUT2D eigenvalue weighted by molar-refractivity contribution is 0.237. The molecule has 0 saturated heterocycles. The molecule has 102 valence electrons. The number of urea groups is 1. The lowest BCUT2D eigenvalue weighted by atomic mass is 10.3. The van der Waals surface area contributed by atoms with Crippen LogP contribution in [0.5, 0.6) is 0 Å². The third kappa shape index (κ3) is 3.54. The quantitative estimate of drug-likeness (QED) is 0.799. The summed E-state index contributed by atoms with van der Waals surface area (Å²) in [5.41, 5.74) is 0. The first-order chi connectivity index (χ1) is 9.16. The predicted octanol–water partition coefficient (Wildman–Crippen LogP) is 0.0720. The van der Waals surface area contributed by atoms with Crippen LogP contribution in [0.15, 0.2) is 25.0 Å². The summed E-state index contributed by atoms with van der Waals surface area (Å²) in [6, 6.07) is -0.420. The molecule has 0 aliphatic heterocycles. The van der Waals surface area contributed by atoms with E-state index in [4.69, 9.17) is 0 Å². The van der Waals surface area contributed by atoms with Crippen LogP contribution in [0, 0.1) is 0 Å². The van der Waals surface area contributed by atoms with Gasteiger partial charge in [-0.15, -0.1) is 10.2 Å². The number of imidazole rings is 1. The van der Waals surface area contributed by atoms with E-state index in [9.17, 15) is 4.79 Å². The van der Waals surface area contributed by atoms with E-state index >= 15 is 0 Å². The topological polar surface area (TPSA) is 89.7 Å². The fraction of sp³-hybridized carbons (Fsp3) is 0.455. The maximum absolute atomic E-state index is 11.7. The molecule has 2 N–H and O–H groups in total. The van der Waals surface area contributed by atoms with Crippen LogP contribution in [-0.2, 0) is 13.6 Å². The molecule has 8 nitrogen and oxygen atoms in total.